The number of fused-ring (bicyclic) bond motifs is 1. The van der Waals surface area contributed by atoms with E-state index in [1.165, 1.54) is 0 Å². The van der Waals surface area contributed by atoms with E-state index in [1.807, 2.05) is 64.1 Å². The Hall–Kier alpha value is -1.83. The maximum atomic E-state index is 12.2. The van der Waals surface area contributed by atoms with Crippen LogP contribution in [0, 0.1) is 6.92 Å². The standard InChI is InChI=1S/C16H18O2/c1-11-10-14(15(17)18-16(2,3)4)13-9-7-5-6-8-12(11)13/h5-10H,1-4H3. The van der Waals surface area contributed by atoms with E-state index in [4.69, 9.17) is 4.74 Å². The molecule has 0 aromatic carbocycles. The van der Waals surface area contributed by atoms with Crippen LogP contribution in [0.3, 0.4) is 0 Å². The Labute approximate surface area is 108 Å². The largest absolute Gasteiger partial charge is 0.456 e. The smallest absolute Gasteiger partial charge is 0.339 e. The molecule has 0 saturated heterocycles. The summed E-state index contributed by atoms with van der Waals surface area (Å²) >= 11 is 0. The maximum absolute atomic E-state index is 12.2. The van der Waals surface area contributed by atoms with Crippen molar-refractivity contribution < 1.29 is 9.53 Å². The lowest BCUT2D eigenvalue weighted by molar-refractivity contribution is 0.00709. The van der Waals surface area contributed by atoms with Crippen LogP contribution in [-0.2, 0) is 4.74 Å². The molecule has 94 valence electrons. The van der Waals surface area contributed by atoms with Gasteiger partial charge in [-0.05, 0) is 50.5 Å². The third-order valence-corrected chi connectivity index (χ3v) is 2.73. The molecule has 2 rings (SSSR count). The number of carbonyl (C=O) groups is 1. The van der Waals surface area contributed by atoms with Crippen LogP contribution in [0.2, 0.25) is 0 Å². The van der Waals surface area contributed by atoms with Crippen molar-refractivity contribution in [2.24, 2.45) is 0 Å². The number of ether oxygens (including phenoxy) is 1. The number of hydrogen-bond acceptors (Lipinski definition) is 2. The molecular weight excluding hydrogens is 224 g/mol. The molecule has 2 heteroatoms. The van der Waals surface area contributed by atoms with Gasteiger partial charge in [0.2, 0.25) is 0 Å². The van der Waals surface area contributed by atoms with Gasteiger partial charge in [-0.15, -0.1) is 0 Å². The molecule has 18 heavy (non-hydrogen) atoms. The van der Waals surface area contributed by atoms with Crippen LogP contribution in [0.15, 0.2) is 36.4 Å². The summed E-state index contributed by atoms with van der Waals surface area (Å²) in [7, 11) is 0. The summed E-state index contributed by atoms with van der Waals surface area (Å²) in [5.41, 5.74) is 3.33. The molecule has 0 unspecified atom stereocenters. The van der Waals surface area contributed by atoms with Gasteiger partial charge in [0, 0.05) is 0 Å². The summed E-state index contributed by atoms with van der Waals surface area (Å²) < 4.78 is 5.44. The highest BCUT2D eigenvalue weighted by molar-refractivity contribution is 6.00. The van der Waals surface area contributed by atoms with E-state index in [0.29, 0.717) is 5.56 Å². The fraction of sp³-hybridized carbons (Fsp3) is 0.312. The van der Waals surface area contributed by atoms with Gasteiger partial charge in [0.25, 0.3) is 0 Å². The molecular formula is C16H18O2. The number of hydrogen-bond donors (Lipinski definition) is 0. The Bertz CT molecular complexity index is 550. The first kappa shape index (κ1) is 12.6. The third kappa shape index (κ3) is 2.53. The van der Waals surface area contributed by atoms with Crippen LogP contribution in [0.5, 0.6) is 0 Å². The SMILES string of the molecule is Cc1cc(C(=O)OC(C)(C)C)c2cccccc1-2. The highest BCUT2D eigenvalue weighted by Crippen LogP contribution is 2.32. The second kappa shape index (κ2) is 4.45. The summed E-state index contributed by atoms with van der Waals surface area (Å²) in [5.74, 6) is -0.258. The first-order valence-corrected chi connectivity index (χ1v) is 6.10. The van der Waals surface area contributed by atoms with E-state index < -0.39 is 5.60 Å². The van der Waals surface area contributed by atoms with E-state index >= 15 is 0 Å². The molecule has 0 amide bonds. The third-order valence-electron chi connectivity index (χ3n) is 2.73. The number of rotatable bonds is 1. The van der Waals surface area contributed by atoms with Crippen molar-refractivity contribution in [3.05, 3.63) is 47.5 Å². The highest BCUT2D eigenvalue weighted by atomic mass is 16.6. The summed E-state index contributed by atoms with van der Waals surface area (Å²) in [6.07, 6.45) is 0. The van der Waals surface area contributed by atoms with Crippen LogP contribution >= 0.6 is 0 Å². The Morgan fingerprint density at radius 3 is 2.28 bits per heavy atom. The Kier molecular flexibility index (Phi) is 3.12. The predicted octanol–water partition coefficient (Wildman–Crippen LogP) is 4.06. The van der Waals surface area contributed by atoms with Crippen molar-refractivity contribution >= 4 is 5.97 Å². The van der Waals surface area contributed by atoms with Crippen LogP contribution in [0.1, 0.15) is 36.7 Å². The second-order valence-corrected chi connectivity index (χ2v) is 5.48. The maximum Gasteiger partial charge on any atom is 0.339 e. The zero-order chi connectivity index (χ0) is 13.3. The minimum Gasteiger partial charge on any atom is -0.456 e. The quantitative estimate of drug-likeness (QED) is 0.705. The zero-order valence-corrected chi connectivity index (χ0v) is 11.3. The van der Waals surface area contributed by atoms with E-state index in [0.717, 1.165) is 16.7 Å². The molecule has 2 nitrogen and oxygen atoms in total. The van der Waals surface area contributed by atoms with Gasteiger partial charge < -0.3 is 4.74 Å². The fourth-order valence-corrected chi connectivity index (χ4v) is 2.00. The highest BCUT2D eigenvalue weighted by Gasteiger charge is 2.23. The molecule has 0 heterocycles. The van der Waals surface area contributed by atoms with Crippen molar-refractivity contribution in [2.75, 3.05) is 0 Å². The van der Waals surface area contributed by atoms with Crippen molar-refractivity contribution in [3.63, 3.8) is 0 Å². The van der Waals surface area contributed by atoms with Crippen molar-refractivity contribution in [1.82, 2.24) is 0 Å². The first-order valence-electron chi connectivity index (χ1n) is 6.10. The Morgan fingerprint density at radius 1 is 1.06 bits per heavy atom. The van der Waals surface area contributed by atoms with Gasteiger partial charge in [-0.3, -0.25) is 0 Å². The molecule has 0 radical (unpaired) electrons. The summed E-state index contributed by atoms with van der Waals surface area (Å²) in [6, 6.07) is 11.8. The average Bonchev–Trinajstić information content (AvgIpc) is 2.46. The van der Waals surface area contributed by atoms with Gasteiger partial charge in [-0.1, -0.05) is 30.3 Å². The predicted molar refractivity (Wildman–Crippen MR) is 73.0 cm³/mol. The molecule has 0 N–H and O–H groups in total. The molecule has 0 fully saturated rings. The van der Waals surface area contributed by atoms with Gasteiger partial charge in [-0.25, -0.2) is 4.79 Å². The average molecular weight is 242 g/mol. The van der Waals surface area contributed by atoms with E-state index in [-0.39, 0.29) is 5.97 Å². The molecule has 0 spiro atoms. The Morgan fingerprint density at radius 2 is 1.67 bits per heavy atom. The first-order chi connectivity index (χ1) is 8.38. The molecule has 0 aromatic heterocycles. The van der Waals surface area contributed by atoms with E-state index in [9.17, 15) is 4.79 Å². The van der Waals surface area contributed by atoms with Crippen molar-refractivity contribution in [3.8, 4) is 11.1 Å². The Balaban J connectivity index is 2.45. The lowest BCUT2D eigenvalue weighted by Gasteiger charge is -2.19. The topological polar surface area (TPSA) is 26.3 Å². The van der Waals surface area contributed by atoms with Crippen LogP contribution < -0.4 is 0 Å². The molecule has 0 aliphatic heterocycles. The molecule has 0 saturated carbocycles. The summed E-state index contributed by atoms with van der Waals surface area (Å²) in [6.45, 7) is 7.64. The van der Waals surface area contributed by atoms with E-state index in [1.54, 1.807) is 0 Å². The minimum absolute atomic E-state index is 0.258. The molecule has 0 bridgehead atoms. The van der Waals surface area contributed by atoms with Crippen LogP contribution in [-0.4, -0.2) is 11.6 Å². The summed E-state index contributed by atoms with van der Waals surface area (Å²) in [4.78, 5) is 12.2. The van der Waals surface area contributed by atoms with Crippen molar-refractivity contribution in [2.45, 2.75) is 33.3 Å². The summed E-state index contributed by atoms with van der Waals surface area (Å²) in [5, 5.41) is 0. The number of esters is 1. The number of aryl methyl sites for hydroxylation is 1. The normalized spacial score (nSPS) is 11.6. The lowest BCUT2D eigenvalue weighted by atomic mass is 10.1. The monoisotopic (exact) mass is 242 g/mol. The molecule has 0 aromatic rings. The van der Waals surface area contributed by atoms with Crippen LogP contribution in [0.4, 0.5) is 0 Å². The fourth-order valence-electron chi connectivity index (χ4n) is 2.00. The van der Waals surface area contributed by atoms with Gasteiger partial charge >= 0.3 is 5.97 Å². The minimum atomic E-state index is -0.467. The lowest BCUT2D eigenvalue weighted by Crippen LogP contribution is -2.23. The molecule has 2 aliphatic carbocycles. The second-order valence-electron chi connectivity index (χ2n) is 5.48. The zero-order valence-electron chi connectivity index (χ0n) is 11.3. The number of carbonyl (C=O) groups excluding carboxylic acids is 1. The van der Waals surface area contributed by atoms with Gasteiger partial charge in [0.15, 0.2) is 0 Å². The van der Waals surface area contributed by atoms with E-state index in [2.05, 4.69) is 0 Å². The molecule has 0 atom stereocenters. The van der Waals surface area contributed by atoms with Crippen molar-refractivity contribution in [1.29, 1.82) is 0 Å². The van der Waals surface area contributed by atoms with Crippen LogP contribution in [0.25, 0.3) is 11.1 Å². The van der Waals surface area contributed by atoms with Gasteiger partial charge in [-0.2, -0.15) is 0 Å². The molecule has 2 aliphatic rings. The van der Waals surface area contributed by atoms with Gasteiger partial charge in [0.1, 0.15) is 5.60 Å². The van der Waals surface area contributed by atoms with Gasteiger partial charge in [0.05, 0.1) is 5.56 Å².